The van der Waals surface area contributed by atoms with Crippen LogP contribution in [-0.4, -0.2) is 64.6 Å². The molecule has 0 saturated heterocycles. The number of aryl methyl sites for hydroxylation is 1. The molecular formula is C17H25N5O3. The largest absolute Gasteiger partial charge is 0.468 e. The molecule has 1 amide bonds. The van der Waals surface area contributed by atoms with E-state index in [1.54, 1.807) is 20.4 Å². The summed E-state index contributed by atoms with van der Waals surface area (Å²) in [6.07, 6.45) is 1.69. The number of rotatable bonds is 7. The van der Waals surface area contributed by atoms with Gasteiger partial charge >= 0.3 is 0 Å². The molecule has 3 heterocycles. The Kier molecular flexibility index (Phi) is 5.50. The molecule has 2 aromatic heterocycles. The van der Waals surface area contributed by atoms with E-state index in [1.807, 2.05) is 16.8 Å². The van der Waals surface area contributed by atoms with Crippen molar-refractivity contribution in [1.29, 1.82) is 0 Å². The monoisotopic (exact) mass is 347 g/mol. The van der Waals surface area contributed by atoms with E-state index in [2.05, 4.69) is 22.1 Å². The molecular weight excluding hydrogens is 322 g/mol. The maximum absolute atomic E-state index is 11.7. The smallest absolute Gasteiger partial charge is 0.248 e. The zero-order valence-corrected chi connectivity index (χ0v) is 15.0. The Labute approximate surface area is 147 Å². The zero-order valence-electron chi connectivity index (χ0n) is 15.0. The number of carbonyl (C=O) groups excluding carboxylic acids is 1. The van der Waals surface area contributed by atoms with Crippen molar-refractivity contribution in [2.45, 2.75) is 32.5 Å². The fourth-order valence-electron chi connectivity index (χ4n) is 3.12. The summed E-state index contributed by atoms with van der Waals surface area (Å²) in [5.74, 6) is 1.02. The van der Waals surface area contributed by atoms with Crippen LogP contribution in [0.3, 0.4) is 0 Å². The maximum atomic E-state index is 11.7. The van der Waals surface area contributed by atoms with Crippen molar-refractivity contribution in [3.8, 4) is 0 Å². The average Bonchev–Trinajstić information content (AvgIpc) is 3.23. The highest BCUT2D eigenvalue weighted by molar-refractivity contribution is 5.76. The second-order valence-electron chi connectivity index (χ2n) is 6.49. The molecule has 3 rings (SSSR count). The van der Waals surface area contributed by atoms with Gasteiger partial charge in [0, 0.05) is 39.6 Å². The van der Waals surface area contributed by atoms with Crippen LogP contribution in [0.5, 0.6) is 0 Å². The molecule has 0 aromatic carbocycles. The summed E-state index contributed by atoms with van der Waals surface area (Å²) in [7, 11) is 3.46. The van der Waals surface area contributed by atoms with Gasteiger partial charge in [-0.15, -0.1) is 5.10 Å². The number of fused-ring (bicyclic) bond motifs is 1. The minimum absolute atomic E-state index is 0.0365. The lowest BCUT2D eigenvalue weighted by Gasteiger charge is -2.31. The number of amides is 1. The van der Waals surface area contributed by atoms with Gasteiger partial charge in [-0.1, -0.05) is 5.21 Å². The first-order valence-corrected chi connectivity index (χ1v) is 8.53. The Morgan fingerprint density at radius 3 is 3.00 bits per heavy atom. The first kappa shape index (κ1) is 17.6. The molecule has 0 spiro atoms. The molecule has 0 unspecified atom stereocenters. The summed E-state index contributed by atoms with van der Waals surface area (Å²) >= 11 is 0. The van der Waals surface area contributed by atoms with Crippen molar-refractivity contribution in [2.75, 3.05) is 33.9 Å². The first-order chi connectivity index (χ1) is 12.1. The Balaban J connectivity index is 1.70. The second-order valence-corrected chi connectivity index (χ2v) is 6.49. The molecule has 0 bridgehead atoms. The fraction of sp³-hybridized carbons (Fsp3) is 0.588. The molecule has 1 aliphatic rings. The first-order valence-electron chi connectivity index (χ1n) is 8.53. The van der Waals surface area contributed by atoms with E-state index in [0.717, 1.165) is 43.3 Å². The van der Waals surface area contributed by atoms with Crippen LogP contribution >= 0.6 is 0 Å². The quantitative estimate of drug-likeness (QED) is 0.746. The van der Waals surface area contributed by atoms with Crippen LogP contribution < -0.4 is 0 Å². The number of nitrogens with zero attached hydrogens (tertiary/aromatic N) is 5. The summed E-state index contributed by atoms with van der Waals surface area (Å²) in [4.78, 5) is 15.5. The molecule has 8 nitrogen and oxygen atoms in total. The number of likely N-dealkylation sites (N-methyl/N-ethyl adjacent to an activating group) is 1. The topological polar surface area (TPSA) is 76.6 Å². The van der Waals surface area contributed by atoms with Gasteiger partial charge in [0.15, 0.2) is 0 Å². The van der Waals surface area contributed by atoms with Crippen molar-refractivity contribution >= 4 is 5.91 Å². The van der Waals surface area contributed by atoms with Crippen LogP contribution in [0.15, 0.2) is 22.8 Å². The summed E-state index contributed by atoms with van der Waals surface area (Å²) in [5.41, 5.74) is 2.10. The van der Waals surface area contributed by atoms with E-state index in [1.165, 1.54) is 4.90 Å². The second kappa shape index (κ2) is 7.79. The Hall–Kier alpha value is -2.19. The van der Waals surface area contributed by atoms with Crippen molar-refractivity contribution in [2.24, 2.45) is 0 Å². The van der Waals surface area contributed by atoms with Gasteiger partial charge in [-0.2, -0.15) is 0 Å². The third kappa shape index (κ3) is 4.08. The van der Waals surface area contributed by atoms with Crippen LogP contribution in [0.1, 0.15) is 30.0 Å². The maximum Gasteiger partial charge on any atom is 0.248 e. The van der Waals surface area contributed by atoms with Gasteiger partial charge < -0.3 is 14.1 Å². The van der Waals surface area contributed by atoms with Crippen LogP contribution in [0.4, 0.5) is 0 Å². The summed E-state index contributed by atoms with van der Waals surface area (Å²) in [6, 6.07) is 3.87. The Bertz CT molecular complexity index is 695. The van der Waals surface area contributed by atoms with E-state index < -0.39 is 0 Å². The fourth-order valence-corrected chi connectivity index (χ4v) is 3.12. The lowest BCUT2D eigenvalue weighted by molar-refractivity contribution is -0.133. The highest BCUT2D eigenvalue weighted by Crippen LogP contribution is 2.28. The average molecular weight is 347 g/mol. The molecule has 0 radical (unpaired) electrons. The third-order valence-electron chi connectivity index (χ3n) is 4.39. The minimum Gasteiger partial charge on any atom is -0.468 e. The Morgan fingerprint density at radius 2 is 2.32 bits per heavy atom. The molecule has 0 saturated carbocycles. The summed E-state index contributed by atoms with van der Waals surface area (Å²) in [6.45, 7) is 5.66. The van der Waals surface area contributed by atoms with Crippen molar-refractivity contribution in [1.82, 2.24) is 24.8 Å². The number of ether oxygens (including phenoxy) is 1. The molecule has 2 aromatic rings. The van der Waals surface area contributed by atoms with Gasteiger partial charge in [0.05, 0.1) is 25.1 Å². The van der Waals surface area contributed by atoms with Gasteiger partial charge in [-0.05, 0) is 19.1 Å². The van der Waals surface area contributed by atoms with Crippen LogP contribution in [0.2, 0.25) is 0 Å². The Morgan fingerprint density at radius 1 is 1.48 bits per heavy atom. The molecule has 25 heavy (non-hydrogen) atoms. The number of hydrogen-bond donors (Lipinski definition) is 0. The molecule has 0 aliphatic carbocycles. The van der Waals surface area contributed by atoms with Gasteiger partial charge in [0.2, 0.25) is 5.91 Å². The van der Waals surface area contributed by atoms with Crippen LogP contribution in [0, 0.1) is 0 Å². The van der Waals surface area contributed by atoms with E-state index in [4.69, 9.17) is 9.15 Å². The van der Waals surface area contributed by atoms with E-state index in [0.29, 0.717) is 6.61 Å². The van der Waals surface area contributed by atoms with Gasteiger partial charge in [0.25, 0.3) is 0 Å². The van der Waals surface area contributed by atoms with E-state index in [-0.39, 0.29) is 18.4 Å². The number of aromatic nitrogens is 3. The number of hydrogen-bond acceptors (Lipinski definition) is 6. The standard InChI is InChI=1S/C17H25N5O3/c1-4-22-17-13(11-24-12-16(23)20(2)3)8-21(10-15(17)18-19-22)9-14-6-5-7-25-14/h5-7,13H,4,8-12H2,1-3H3/t13-/m0/s1. The predicted molar refractivity (Wildman–Crippen MR) is 90.8 cm³/mol. The molecule has 136 valence electrons. The SMILES string of the molecule is CCn1nnc2c1[C@H](COCC(=O)N(C)C)CN(Cc1ccco1)C2. The number of furan rings is 1. The van der Waals surface area contributed by atoms with E-state index >= 15 is 0 Å². The van der Waals surface area contributed by atoms with E-state index in [9.17, 15) is 4.79 Å². The van der Waals surface area contributed by atoms with Gasteiger partial charge in [-0.3, -0.25) is 9.69 Å². The third-order valence-corrected chi connectivity index (χ3v) is 4.39. The highest BCUT2D eigenvalue weighted by Gasteiger charge is 2.31. The predicted octanol–water partition coefficient (Wildman–Crippen LogP) is 1.10. The zero-order chi connectivity index (χ0) is 17.8. The van der Waals surface area contributed by atoms with Gasteiger partial charge in [-0.25, -0.2) is 4.68 Å². The van der Waals surface area contributed by atoms with Crippen molar-refractivity contribution < 1.29 is 13.9 Å². The van der Waals surface area contributed by atoms with Crippen LogP contribution in [0.25, 0.3) is 0 Å². The van der Waals surface area contributed by atoms with Crippen molar-refractivity contribution in [3.05, 3.63) is 35.5 Å². The molecule has 8 heteroatoms. The molecule has 0 fully saturated rings. The summed E-state index contributed by atoms with van der Waals surface area (Å²) in [5, 5.41) is 8.59. The van der Waals surface area contributed by atoms with Gasteiger partial charge in [0.1, 0.15) is 18.1 Å². The number of carbonyl (C=O) groups is 1. The van der Waals surface area contributed by atoms with Crippen molar-refractivity contribution in [3.63, 3.8) is 0 Å². The lowest BCUT2D eigenvalue weighted by atomic mass is 9.98. The molecule has 1 atom stereocenters. The minimum atomic E-state index is -0.0365. The highest BCUT2D eigenvalue weighted by atomic mass is 16.5. The normalized spacial score (nSPS) is 17.5. The van der Waals surface area contributed by atoms with Crippen LogP contribution in [-0.2, 0) is 29.2 Å². The lowest BCUT2D eigenvalue weighted by Crippen LogP contribution is -2.36. The molecule has 1 aliphatic heterocycles. The molecule has 0 N–H and O–H groups in total. The summed E-state index contributed by atoms with van der Waals surface area (Å²) < 4.78 is 13.1.